The van der Waals surface area contributed by atoms with Crippen LogP contribution in [0.2, 0.25) is 0 Å². The topological polar surface area (TPSA) is 75.1 Å². The van der Waals surface area contributed by atoms with E-state index >= 15 is 0 Å². The Morgan fingerprint density at radius 1 is 1.44 bits per heavy atom. The third-order valence-electron chi connectivity index (χ3n) is 2.19. The molecule has 16 heavy (non-hydrogen) atoms. The number of carboxylic acid groups (broad SMARTS) is 1. The number of hydrogen-bond acceptors (Lipinski definition) is 4. The fraction of sp³-hybridized carbons (Fsp3) is 0.545. The quantitative estimate of drug-likeness (QED) is 0.719. The lowest BCUT2D eigenvalue weighted by atomic mass is 10.2. The number of carboxylic acids is 1. The molecule has 0 fully saturated rings. The van der Waals surface area contributed by atoms with Crippen LogP contribution >= 0.6 is 0 Å². The minimum Gasteiger partial charge on any atom is -0.481 e. The monoisotopic (exact) mass is 223 g/mol. The zero-order valence-corrected chi connectivity index (χ0v) is 9.66. The van der Waals surface area contributed by atoms with Gasteiger partial charge in [0.2, 0.25) is 0 Å². The molecule has 0 saturated carbocycles. The Morgan fingerprint density at radius 2 is 2.19 bits per heavy atom. The smallest absolute Gasteiger partial charge is 0.303 e. The second-order valence-corrected chi connectivity index (χ2v) is 3.72. The van der Waals surface area contributed by atoms with Gasteiger partial charge in [-0.1, -0.05) is 0 Å². The summed E-state index contributed by atoms with van der Waals surface area (Å²) in [4.78, 5) is 18.8. The van der Waals surface area contributed by atoms with Gasteiger partial charge in [0.25, 0.3) is 0 Å². The van der Waals surface area contributed by atoms with Crippen LogP contribution in [0.1, 0.15) is 30.7 Å². The lowest BCUT2D eigenvalue weighted by molar-refractivity contribution is -0.137. The van der Waals surface area contributed by atoms with Crippen molar-refractivity contribution in [1.29, 1.82) is 0 Å². The number of rotatable bonds is 6. The highest BCUT2D eigenvalue weighted by Crippen LogP contribution is 2.08. The predicted octanol–water partition coefficient (Wildman–Crippen LogP) is 1.76. The van der Waals surface area contributed by atoms with E-state index in [0.717, 1.165) is 30.2 Å². The highest BCUT2D eigenvalue weighted by molar-refractivity contribution is 5.66. The number of nitrogens with zero attached hydrogens (tertiary/aromatic N) is 2. The molecule has 0 saturated heterocycles. The summed E-state index contributed by atoms with van der Waals surface area (Å²) in [5.41, 5.74) is 1.74. The van der Waals surface area contributed by atoms with Gasteiger partial charge in [0.1, 0.15) is 5.82 Å². The molecule has 0 radical (unpaired) electrons. The van der Waals surface area contributed by atoms with E-state index in [-0.39, 0.29) is 6.42 Å². The Balaban J connectivity index is 2.31. The fourth-order valence-electron chi connectivity index (χ4n) is 1.31. The second-order valence-electron chi connectivity index (χ2n) is 3.72. The van der Waals surface area contributed by atoms with E-state index < -0.39 is 5.97 Å². The standard InChI is InChI=1S/C11H17N3O2/c1-8-7-13-9(2)11(14-8)12-6-4-3-5-10(15)16/h7H,3-6H2,1-2H3,(H,12,14)(H,15,16). The minimum atomic E-state index is -0.744. The summed E-state index contributed by atoms with van der Waals surface area (Å²) < 4.78 is 0. The van der Waals surface area contributed by atoms with Crippen LogP contribution in [0.5, 0.6) is 0 Å². The molecule has 1 heterocycles. The van der Waals surface area contributed by atoms with Crippen molar-refractivity contribution in [1.82, 2.24) is 9.97 Å². The average Bonchev–Trinajstić information content (AvgIpc) is 2.22. The van der Waals surface area contributed by atoms with Gasteiger partial charge >= 0.3 is 5.97 Å². The number of aryl methyl sites for hydroxylation is 2. The normalized spacial score (nSPS) is 10.1. The van der Waals surface area contributed by atoms with Crippen molar-refractivity contribution in [3.8, 4) is 0 Å². The molecule has 1 aromatic rings. The molecule has 5 heteroatoms. The van der Waals surface area contributed by atoms with Gasteiger partial charge in [0, 0.05) is 19.2 Å². The number of nitrogens with one attached hydrogen (secondary N) is 1. The van der Waals surface area contributed by atoms with E-state index in [2.05, 4.69) is 15.3 Å². The Hall–Kier alpha value is -1.65. The molecule has 0 unspecified atom stereocenters. The predicted molar refractivity (Wildman–Crippen MR) is 61.5 cm³/mol. The third-order valence-corrected chi connectivity index (χ3v) is 2.19. The first kappa shape index (κ1) is 12.4. The summed E-state index contributed by atoms with van der Waals surface area (Å²) in [6.07, 6.45) is 3.45. The van der Waals surface area contributed by atoms with Gasteiger partial charge in [-0.25, -0.2) is 4.98 Å². The summed E-state index contributed by atoms with van der Waals surface area (Å²) in [7, 11) is 0. The molecule has 0 aliphatic rings. The molecule has 0 bridgehead atoms. The molecule has 5 nitrogen and oxygen atoms in total. The van der Waals surface area contributed by atoms with Gasteiger partial charge in [-0.3, -0.25) is 9.78 Å². The first-order chi connectivity index (χ1) is 7.59. The van der Waals surface area contributed by atoms with Gasteiger partial charge < -0.3 is 10.4 Å². The van der Waals surface area contributed by atoms with Crippen LogP contribution in [0.15, 0.2) is 6.20 Å². The van der Waals surface area contributed by atoms with E-state index in [1.54, 1.807) is 6.20 Å². The summed E-state index contributed by atoms with van der Waals surface area (Å²) in [6.45, 7) is 4.51. The number of anilines is 1. The number of carbonyl (C=O) groups is 1. The first-order valence-corrected chi connectivity index (χ1v) is 5.35. The molecule has 0 amide bonds. The van der Waals surface area contributed by atoms with E-state index in [1.165, 1.54) is 0 Å². The molecule has 88 valence electrons. The zero-order valence-electron chi connectivity index (χ0n) is 9.66. The maximum absolute atomic E-state index is 10.3. The molecule has 0 atom stereocenters. The summed E-state index contributed by atoms with van der Waals surface area (Å²) in [5.74, 6) is 0.0434. The molecule has 0 spiro atoms. The SMILES string of the molecule is Cc1cnc(C)c(NCCCCC(=O)O)n1. The van der Waals surface area contributed by atoms with Gasteiger partial charge in [-0.05, 0) is 26.7 Å². The first-order valence-electron chi connectivity index (χ1n) is 5.35. The number of aromatic nitrogens is 2. The van der Waals surface area contributed by atoms with Gasteiger partial charge in [-0.15, -0.1) is 0 Å². The number of hydrogen-bond donors (Lipinski definition) is 2. The van der Waals surface area contributed by atoms with Gasteiger partial charge in [-0.2, -0.15) is 0 Å². The third kappa shape index (κ3) is 4.25. The van der Waals surface area contributed by atoms with E-state index in [1.807, 2.05) is 13.8 Å². The van der Waals surface area contributed by atoms with Crippen LogP contribution in [-0.4, -0.2) is 27.6 Å². The second kappa shape index (κ2) is 6.05. The maximum Gasteiger partial charge on any atom is 0.303 e. The van der Waals surface area contributed by atoms with Gasteiger partial charge in [0.05, 0.1) is 11.4 Å². The van der Waals surface area contributed by atoms with Crippen LogP contribution in [0, 0.1) is 13.8 Å². The number of aliphatic carboxylic acids is 1. The van der Waals surface area contributed by atoms with E-state index in [4.69, 9.17) is 5.11 Å². The van der Waals surface area contributed by atoms with Crippen molar-refractivity contribution in [2.24, 2.45) is 0 Å². The highest BCUT2D eigenvalue weighted by Gasteiger charge is 2.01. The van der Waals surface area contributed by atoms with Crippen molar-refractivity contribution in [3.63, 3.8) is 0 Å². The van der Waals surface area contributed by atoms with Crippen LogP contribution < -0.4 is 5.32 Å². The summed E-state index contributed by atoms with van der Waals surface area (Å²) in [5, 5.41) is 11.6. The maximum atomic E-state index is 10.3. The Labute approximate surface area is 94.9 Å². The largest absolute Gasteiger partial charge is 0.481 e. The van der Waals surface area contributed by atoms with E-state index in [0.29, 0.717) is 6.42 Å². The molecule has 0 aliphatic heterocycles. The molecular weight excluding hydrogens is 206 g/mol. The molecular formula is C11H17N3O2. The van der Waals surface area contributed by atoms with Crippen molar-refractivity contribution in [2.45, 2.75) is 33.1 Å². The van der Waals surface area contributed by atoms with Gasteiger partial charge in [0.15, 0.2) is 0 Å². The zero-order chi connectivity index (χ0) is 12.0. The summed E-state index contributed by atoms with van der Waals surface area (Å²) in [6, 6.07) is 0. The van der Waals surface area contributed by atoms with Crippen LogP contribution in [0.3, 0.4) is 0 Å². The lowest BCUT2D eigenvalue weighted by Crippen LogP contribution is -2.07. The van der Waals surface area contributed by atoms with Crippen LogP contribution in [0.25, 0.3) is 0 Å². The number of unbranched alkanes of at least 4 members (excludes halogenated alkanes) is 1. The Bertz CT molecular complexity index is 366. The van der Waals surface area contributed by atoms with Crippen molar-refractivity contribution in [3.05, 3.63) is 17.6 Å². The molecule has 1 aromatic heterocycles. The van der Waals surface area contributed by atoms with Crippen molar-refractivity contribution >= 4 is 11.8 Å². The van der Waals surface area contributed by atoms with Crippen LogP contribution in [0.4, 0.5) is 5.82 Å². The molecule has 2 N–H and O–H groups in total. The average molecular weight is 223 g/mol. The fourth-order valence-corrected chi connectivity index (χ4v) is 1.31. The molecule has 0 aromatic carbocycles. The molecule has 0 aliphatic carbocycles. The van der Waals surface area contributed by atoms with Crippen LogP contribution in [-0.2, 0) is 4.79 Å². The van der Waals surface area contributed by atoms with Crippen molar-refractivity contribution < 1.29 is 9.90 Å². The van der Waals surface area contributed by atoms with E-state index in [9.17, 15) is 4.79 Å². The Morgan fingerprint density at radius 3 is 2.88 bits per heavy atom. The summed E-state index contributed by atoms with van der Waals surface area (Å²) >= 11 is 0. The lowest BCUT2D eigenvalue weighted by Gasteiger charge is -2.07. The minimum absolute atomic E-state index is 0.222. The van der Waals surface area contributed by atoms with Crippen molar-refractivity contribution in [2.75, 3.05) is 11.9 Å². The molecule has 1 rings (SSSR count). The highest BCUT2D eigenvalue weighted by atomic mass is 16.4. The Kier molecular flexibility index (Phi) is 4.69.